The molecule has 0 saturated heterocycles. The molecule has 7 aromatic rings. The van der Waals surface area contributed by atoms with Crippen LogP contribution < -0.4 is 30.9 Å². The van der Waals surface area contributed by atoms with Gasteiger partial charge in [0.1, 0.15) is 23.1 Å². The molecule has 0 amide bonds. The van der Waals surface area contributed by atoms with Gasteiger partial charge in [-0.15, -0.1) is 0 Å². The van der Waals surface area contributed by atoms with Gasteiger partial charge in [0.2, 0.25) is 5.88 Å². The van der Waals surface area contributed by atoms with E-state index < -0.39 is 17.0 Å². The maximum atomic E-state index is 16.2. The summed E-state index contributed by atoms with van der Waals surface area (Å²) in [6.07, 6.45) is 3.85. The van der Waals surface area contributed by atoms with Gasteiger partial charge in [-0.3, -0.25) is 0 Å². The predicted molar refractivity (Wildman–Crippen MR) is 238 cm³/mol. The zero-order chi connectivity index (χ0) is 40.6. The Kier molecular flexibility index (Phi) is 7.55. The fourth-order valence-electron chi connectivity index (χ4n) is 10.5. The Morgan fingerprint density at radius 3 is 1.86 bits per heavy atom. The minimum Gasteiger partial charge on any atom is -0.440 e. The third kappa shape index (κ3) is 5.16. The molecule has 7 heteroatoms. The Hall–Kier alpha value is -6.21. The summed E-state index contributed by atoms with van der Waals surface area (Å²) < 4.78 is 39.2. The number of aromatic nitrogens is 1. The Bertz CT molecular complexity index is 2830. The second-order valence-corrected chi connectivity index (χ2v) is 18.5. The molecule has 0 bridgehead atoms. The number of para-hydroxylation sites is 3. The van der Waals surface area contributed by atoms with E-state index in [1.807, 2.05) is 18.2 Å². The van der Waals surface area contributed by atoms with E-state index in [-0.39, 0.29) is 23.2 Å². The SMILES string of the molecule is CC1(C)CCC(C)(C)c2cc3c(cc21)Oc1nccc2c1B3c1cc3c(cc1N2c1c(F)cccc1F)-c1ccc(N(c2ccccc2)c2ccccc2)cc1C3(C)C. The topological polar surface area (TPSA) is 28.6 Å². The summed E-state index contributed by atoms with van der Waals surface area (Å²) in [5, 5.41) is 0. The monoisotopic (exact) mass is 775 g/mol. The van der Waals surface area contributed by atoms with E-state index in [1.54, 1.807) is 11.1 Å². The van der Waals surface area contributed by atoms with Crippen molar-refractivity contribution in [1.82, 2.24) is 4.98 Å². The average molecular weight is 776 g/mol. The average Bonchev–Trinajstić information content (AvgIpc) is 3.44. The molecule has 0 N–H and O–H groups in total. The van der Waals surface area contributed by atoms with Crippen LogP contribution in [0.2, 0.25) is 0 Å². The number of anilines is 6. The first-order chi connectivity index (χ1) is 28.3. The van der Waals surface area contributed by atoms with Crippen LogP contribution >= 0.6 is 0 Å². The molecule has 0 atom stereocenters. The molecule has 0 radical (unpaired) electrons. The largest absolute Gasteiger partial charge is 0.440 e. The third-order valence-electron chi connectivity index (χ3n) is 13.8. The summed E-state index contributed by atoms with van der Waals surface area (Å²) in [5.74, 6) is -0.0107. The molecule has 290 valence electrons. The maximum Gasteiger partial charge on any atom is 0.258 e. The minimum atomic E-state index is -0.636. The van der Waals surface area contributed by atoms with E-state index in [9.17, 15) is 0 Å². The zero-order valence-electron chi connectivity index (χ0n) is 34.2. The lowest BCUT2D eigenvalue weighted by atomic mass is 9.34. The van der Waals surface area contributed by atoms with Crippen LogP contribution in [0.3, 0.4) is 0 Å². The van der Waals surface area contributed by atoms with Crippen LogP contribution in [0.4, 0.5) is 42.9 Å². The van der Waals surface area contributed by atoms with Crippen LogP contribution in [0.25, 0.3) is 11.1 Å². The number of nitrogens with zero attached hydrogens (tertiary/aromatic N) is 3. The molecule has 0 unspecified atom stereocenters. The third-order valence-corrected chi connectivity index (χ3v) is 13.8. The van der Waals surface area contributed by atoms with Crippen molar-refractivity contribution >= 4 is 57.2 Å². The van der Waals surface area contributed by atoms with Crippen LogP contribution in [0.15, 0.2) is 134 Å². The fourth-order valence-corrected chi connectivity index (χ4v) is 10.5. The predicted octanol–water partition coefficient (Wildman–Crippen LogP) is 11.9. The van der Waals surface area contributed by atoms with Gasteiger partial charge < -0.3 is 14.5 Å². The molecular formula is C52H44BF2N3O. The molecule has 2 aliphatic carbocycles. The zero-order valence-corrected chi connectivity index (χ0v) is 34.2. The number of fused-ring (bicyclic) bond motifs is 8. The smallest absolute Gasteiger partial charge is 0.258 e. The molecule has 3 heterocycles. The number of benzene rings is 6. The first-order valence-electron chi connectivity index (χ1n) is 20.7. The summed E-state index contributed by atoms with van der Waals surface area (Å²) >= 11 is 0. The van der Waals surface area contributed by atoms with E-state index in [1.165, 1.54) is 40.5 Å². The number of halogens is 2. The lowest BCUT2D eigenvalue weighted by molar-refractivity contribution is 0.330. The van der Waals surface area contributed by atoms with Crippen molar-refractivity contribution < 1.29 is 13.5 Å². The molecular weight excluding hydrogens is 731 g/mol. The highest BCUT2D eigenvalue weighted by atomic mass is 19.1. The van der Waals surface area contributed by atoms with Gasteiger partial charge in [-0.05, 0) is 135 Å². The Morgan fingerprint density at radius 2 is 1.20 bits per heavy atom. The number of pyridine rings is 1. The van der Waals surface area contributed by atoms with Crippen molar-refractivity contribution in [3.63, 3.8) is 0 Å². The Balaban J connectivity index is 1.16. The van der Waals surface area contributed by atoms with Crippen molar-refractivity contribution in [1.29, 1.82) is 0 Å². The fraction of sp³-hybridized carbons (Fsp3) is 0.212. The summed E-state index contributed by atoms with van der Waals surface area (Å²) in [7, 11) is 0. The van der Waals surface area contributed by atoms with Crippen LogP contribution in [0, 0.1) is 11.6 Å². The van der Waals surface area contributed by atoms with Gasteiger partial charge in [-0.25, -0.2) is 13.8 Å². The van der Waals surface area contributed by atoms with Gasteiger partial charge in [0.25, 0.3) is 6.71 Å². The maximum absolute atomic E-state index is 16.2. The molecule has 2 aliphatic heterocycles. The summed E-state index contributed by atoms with van der Waals surface area (Å²) in [6, 6.07) is 42.7. The van der Waals surface area contributed by atoms with E-state index in [2.05, 4.69) is 137 Å². The van der Waals surface area contributed by atoms with Crippen molar-refractivity contribution in [3.8, 4) is 22.8 Å². The highest BCUT2D eigenvalue weighted by Crippen LogP contribution is 2.54. The summed E-state index contributed by atoms with van der Waals surface area (Å²) in [6.45, 7) is 13.6. The lowest BCUT2D eigenvalue weighted by Crippen LogP contribution is -2.60. The van der Waals surface area contributed by atoms with E-state index in [0.29, 0.717) is 11.6 Å². The summed E-state index contributed by atoms with van der Waals surface area (Å²) in [4.78, 5) is 8.86. The molecule has 11 rings (SSSR count). The molecule has 1 aromatic heterocycles. The van der Waals surface area contributed by atoms with Crippen molar-refractivity contribution in [2.24, 2.45) is 0 Å². The Morgan fingerprint density at radius 1 is 0.593 bits per heavy atom. The summed E-state index contributed by atoms with van der Waals surface area (Å²) in [5.41, 5.74) is 14.0. The van der Waals surface area contributed by atoms with Gasteiger partial charge >= 0.3 is 0 Å². The van der Waals surface area contributed by atoms with E-state index in [4.69, 9.17) is 9.72 Å². The highest BCUT2D eigenvalue weighted by Gasteiger charge is 2.48. The normalized spacial score (nSPS) is 16.8. The molecule has 0 saturated carbocycles. The first-order valence-corrected chi connectivity index (χ1v) is 20.7. The quantitative estimate of drug-likeness (QED) is 0.167. The van der Waals surface area contributed by atoms with Crippen LogP contribution in [-0.2, 0) is 16.2 Å². The second kappa shape index (κ2) is 12.4. The number of hydrogen-bond donors (Lipinski definition) is 0. The molecule has 59 heavy (non-hydrogen) atoms. The standard InChI is InChI=1S/C52H44BF2N3O/c1-50(2)23-24-51(3,4)39-30-46-41(29-38(39)50)53-40-28-37-35(27-45(40)58(48-42(54)18-13-19-43(48)55)44-22-25-56-49(59-46)47(44)53)34-21-20-33(26-36(34)52(37,5)6)57(31-14-9-7-10-15-31)32-16-11-8-12-17-32/h7-22,25-30H,23-24H2,1-6H3. The van der Waals surface area contributed by atoms with Gasteiger partial charge in [-0.2, -0.15) is 0 Å². The van der Waals surface area contributed by atoms with Gasteiger partial charge in [0.05, 0.1) is 0 Å². The number of ether oxygens (including phenoxy) is 1. The van der Waals surface area contributed by atoms with Gasteiger partial charge in [-0.1, -0.05) is 102 Å². The van der Waals surface area contributed by atoms with Crippen LogP contribution in [-0.4, -0.2) is 11.7 Å². The lowest BCUT2D eigenvalue weighted by Gasteiger charge is -2.44. The Labute approximate surface area is 345 Å². The molecule has 0 fully saturated rings. The van der Waals surface area contributed by atoms with Crippen LogP contribution in [0.5, 0.6) is 11.6 Å². The molecule has 0 spiro atoms. The second-order valence-electron chi connectivity index (χ2n) is 18.5. The minimum absolute atomic E-state index is 0.0193. The van der Waals surface area contributed by atoms with E-state index in [0.717, 1.165) is 68.9 Å². The van der Waals surface area contributed by atoms with Crippen molar-refractivity contribution in [2.75, 3.05) is 9.80 Å². The molecule has 6 aromatic carbocycles. The first kappa shape index (κ1) is 35.9. The highest BCUT2D eigenvalue weighted by molar-refractivity contribution is 6.99. The van der Waals surface area contributed by atoms with E-state index >= 15 is 8.78 Å². The molecule has 4 aliphatic rings. The van der Waals surface area contributed by atoms with Crippen molar-refractivity contribution in [3.05, 3.63) is 167 Å². The molecule has 4 nitrogen and oxygen atoms in total. The van der Waals surface area contributed by atoms with Crippen LogP contribution in [0.1, 0.15) is 76.6 Å². The van der Waals surface area contributed by atoms with Gasteiger partial charge in [0.15, 0.2) is 0 Å². The number of hydrogen-bond acceptors (Lipinski definition) is 4. The van der Waals surface area contributed by atoms with Crippen molar-refractivity contribution in [2.45, 2.75) is 70.6 Å². The number of rotatable bonds is 4. The van der Waals surface area contributed by atoms with Gasteiger partial charge in [0, 0.05) is 45.5 Å².